The molecule has 1 N–H and O–H groups in total. The lowest BCUT2D eigenvalue weighted by atomic mass is 9.86. The van der Waals surface area contributed by atoms with Gasteiger partial charge in [0.05, 0.1) is 41.8 Å². The lowest BCUT2D eigenvalue weighted by molar-refractivity contribution is -0.384. The van der Waals surface area contributed by atoms with Crippen LogP contribution in [0, 0.1) is 10.1 Å². The van der Waals surface area contributed by atoms with Crippen molar-refractivity contribution in [2.24, 2.45) is 0 Å². The minimum atomic E-state index is -4.46. The molecule has 0 amide bonds. The summed E-state index contributed by atoms with van der Waals surface area (Å²) in [6.07, 6.45) is -5.22. The summed E-state index contributed by atoms with van der Waals surface area (Å²) in [5, 5.41) is 22.7. The standard InChI is InChI=1S/C33H33NO9S/c35-31-29(40-21-24-10-4-1-5-11-24)20-30(41-22-25-12-6-2-7-13-25)32(33(31)42-23-26-14-8-3-9-15-26)43-44(38,39)28-18-16-27(17-19-28)34(36)37/h1-19,29-33,35H,20-23H2/t29-,30+,31+,32-,33+/m0/s1. The summed E-state index contributed by atoms with van der Waals surface area (Å²) in [6.45, 7) is 0.429. The zero-order valence-corrected chi connectivity index (χ0v) is 24.6. The summed E-state index contributed by atoms with van der Waals surface area (Å²) in [5.41, 5.74) is 2.32. The van der Waals surface area contributed by atoms with Crippen molar-refractivity contribution in [2.75, 3.05) is 0 Å². The molecule has 11 heteroatoms. The number of hydrogen-bond donors (Lipinski definition) is 1. The minimum absolute atomic E-state index is 0.0663. The first kappa shape index (κ1) is 31.5. The van der Waals surface area contributed by atoms with Crippen LogP contribution >= 0.6 is 0 Å². The maximum Gasteiger partial charge on any atom is 0.297 e. The quantitative estimate of drug-likeness (QED) is 0.122. The van der Waals surface area contributed by atoms with Crippen LogP contribution in [0.25, 0.3) is 0 Å². The molecule has 0 aromatic heterocycles. The highest BCUT2D eigenvalue weighted by molar-refractivity contribution is 7.86. The van der Waals surface area contributed by atoms with Gasteiger partial charge in [0, 0.05) is 18.6 Å². The van der Waals surface area contributed by atoms with Crippen LogP contribution < -0.4 is 0 Å². The van der Waals surface area contributed by atoms with Gasteiger partial charge in [0.15, 0.2) is 0 Å². The predicted octanol–water partition coefficient (Wildman–Crippen LogP) is 5.19. The first-order chi connectivity index (χ1) is 21.3. The number of hydrogen-bond acceptors (Lipinski definition) is 9. The number of nitro groups is 1. The predicted molar refractivity (Wildman–Crippen MR) is 161 cm³/mol. The van der Waals surface area contributed by atoms with Crippen LogP contribution in [0.1, 0.15) is 23.1 Å². The number of nitro benzene ring substituents is 1. The molecular weight excluding hydrogens is 586 g/mol. The zero-order chi connectivity index (χ0) is 30.9. The Morgan fingerprint density at radius 2 is 1.11 bits per heavy atom. The van der Waals surface area contributed by atoms with Gasteiger partial charge in [0.1, 0.15) is 18.3 Å². The highest BCUT2D eigenvalue weighted by atomic mass is 32.2. The Bertz CT molecular complexity index is 1590. The molecule has 5 rings (SSSR count). The number of ether oxygens (including phenoxy) is 3. The van der Waals surface area contributed by atoms with Gasteiger partial charge in [-0.25, -0.2) is 0 Å². The maximum absolute atomic E-state index is 13.5. The van der Waals surface area contributed by atoms with Crippen LogP contribution in [0.15, 0.2) is 120 Å². The van der Waals surface area contributed by atoms with Crippen LogP contribution in [0.3, 0.4) is 0 Å². The van der Waals surface area contributed by atoms with Gasteiger partial charge >= 0.3 is 0 Å². The third kappa shape index (κ3) is 8.14. The fourth-order valence-electron chi connectivity index (χ4n) is 5.02. The molecule has 0 aliphatic heterocycles. The van der Waals surface area contributed by atoms with E-state index in [0.29, 0.717) is 0 Å². The zero-order valence-electron chi connectivity index (χ0n) is 23.8. The molecule has 0 saturated heterocycles. The molecular formula is C33H33NO9S. The molecule has 4 aromatic rings. The van der Waals surface area contributed by atoms with E-state index in [1.165, 1.54) is 0 Å². The second-order valence-electron chi connectivity index (χ2n) is 10.4. The molecule has 0 spiro atoms. The van der Waals surface area contributed by atoms with Gasteiger partial charge in [-0.05, 0) is 28.8 Å². The Kier molecular flexibility index (Phi) is 10.5. The average molecular weight is 620 g/mol. The van der Waals surface area contributed by atoms with Crippen molar-refractivity contribution in [3.8, 4) is 0 Å². The van der Waals surface area contributed by atoms with Gasteiger partial charge < -0.3 is 19.3 Å². The van der Waals surface area contributed by atoms with E-state index in [4.69, 9.17) is 18.4 Å². The van der Waals surface area contributed by atoms with Crippen molar-refractivity contribution in [2.45, 2.75) is 61.7 Å². The molecule has 1 aliphatic carbocycles. The first-order valence-corrected chi connectivity index (χ1v) is 15.5. The van der Waals surface area contributed by atoms with Gasteiger partial charge in [-0.15, -0.1) is 0 Å². The average Bonchev–Trinajstić information content (AvgIpc) is 3.05. The van der Waals surface area contributed by atoms with Crippen LogP contribution in [0.5, 0.6) is 0 Å². The molecule has 1 fully saturated rings. The Morgan fingerprint density at radius 3 is 1.59 bits per heavy atom. The van der Waals surface area contributed by atoms with Gasteiger partial charge in [0.2, 0.25) is 0 Å². The molecule has 5 atom stereocenters. The van der Waals surface area contributed by atoms with E-state index < -0.39 is 45.6 Å². The number of aliphatic hydroxyl groups is 1. The number of aliphatic hydroxyl groups excluding tert-OH is 1. The highest BCUT2D eigenvalue weighted by Crippen LogP contribution is 2.34. The Balaban J connectivity index is 1.45. The Hall–Kier alpha value is -3.97. The van der Waals surface area contributed by atoms with Gasteiger partial charge in [-0.1, -0.05) is 91.0 Å². The van der Waals surface area contributed by atoms with Crippen LogP contribution in [0.4, 0.5) is 5.69 Å². The van der Waals surface area contributed by atoms with E-state index in [-0.39, 0.29) is 36.8 Å². The number of non-ortho nitro benzene ring substituents is 1. The second-order valence-corrected chi connectivity index (χ2v) is 12.0. The topological polar surface area (TPSA) is 134 Å². The summed E-state index contributed by atoms with van der Waals surface area (Å²) in [7, 11) is -4.46. The number of benzene rings is 4. The first-order valence-electron chi connectivity index (χ1n) is 14.1. The van der Waals surface area contributed by atoms with Gasteiger partial charge in [0.25, 0.3) is 15.8 Å². The smallest absolute Gasteiger partial charge is 0.297 e. The Labute approximate surface area is 256 Å². The van der Waals surface area contributed by atoms with Crippen molar-refractivity contribution in [3.05, 3.63) is 142 Å². The van der Waals surface area contributed by atoms with Crippen molar-refractivity contribution in [3.63, 3.8) is 0 Å². The van der Waals surface area contributed by atoms with E-state index in [1.807, 2.05) is 91.0 Å². The van der Waals surface area contributed by atoms with Crippen LogP contribution in [-0.4, -0.2) is 49.0 Å². The monoisotopic (exact) mass is 619 g/mol. The lowest BCUT2D eigenvalue weighted by Crippen LogP contribution is -2.59. The summed E-state index contributed by atoms with van der Waals surface area (Å²) < 4.78 is 51.4. The number of rotatable bonds is 13. The molecule has 10 nitrogen and oxygen atoms in total. The fourth-order valence-corrected chi connectivity index (χ4v) is 6.12. The number of nitrogens with zero attached hydrogens (tertiary/aromatic N) is 1. The van der Waals surface area contributed by atoms with E-state index in [1.54, 1.807) is 0 Å². The molecule has 4 aromatic carbocycles. The van der Waals surface area contributed by atoms with Gasteiger partial charge in [-0.3, -0.25) is 14.3 Å². The SMILES string of the molecule is O=[N+]([O-])c1ccc(S(=O)(=O)O[C@@H]2[C@H](OCc3ccccc3)[C@H](O)[C@@H](OCc3ccccc3)C[C@H]2OCc2ccccc2)cc1. The van der Waals surface area contributed by atoms with Crippen LogP contribution in [-0.2, 0) is 48.3 Å². The van der Waals surface area contributed by atoms with Gasteiger partial charge in [-0.2, -0.15) is 8.42 Å². The van der Waals surface area contributed by atoms with Crippen molar-refractivity contribution in [1.29, 1.82) is 0 Å². The van der Waals surface area contributed by atoms with E-state index in [0.717, 1.165) is 41.0 Å². The molecule has 44 heavy (non-hydrogen) atoms. The summed E-state index contributed by atoms with van der Waals surface area (Å²) in [6, 6.07) is 32.5. The molecule has 0 heterocycles. The van der Waals surface area contributed by atoms with Crippen molar-refractivity contribution in [1.82, 2.24) is 0 Å². The molecule has 1 saturated carbocycles. The molecule has 0 bridgehead atoms. The van der Waals surface area contributed by atoms with E-state index in [9.17, 15) is 23.6 Å². The maximum atomic E-state index is 13.5. The summed E-state index contributed by atoms with van der Waals surface area (Å²) in [4.78, 5) is 10.2. The van der Waals surface area contributed by atoms with Crippen LogP contribution in [0.2, 0.25) is 0 Å². The molecule has 230 valence electrons. The normalized spacial score (nSPS) is 22.0. The highest BCUT2D eigenvalue weighted by Gasteiger charge is 2.49. The largest absolute Gasteiger partial charge is 0.388 e. The third-order valence-electron chi connectivity index (χ3n) is 7.35. The van der Waals surface area contributed by atoms with E-state index in [2.05, 4.69) is 0 Å². The minimum Gasteiger partial charge on any atom is -0.388 e. The second kappa shape index (κ2) is 14.7. The Morgan fingerprint density at radius 1 is 0.659 bits per heavy atom. The fraction of sp³-hybridized carbons (Fsp3) is 0.273. The summed E-state index contributed by atoms with van der Waals surface area (Å²) >= 11 is 0. The van der Waals surface area contributed by atoms with Crippen molar-refractivity contribution < 1.29 is 36.8 Å². The van der Waals surface area contributed by atoms with Crippen molar-refractivity contribution >= 4 is 15.8 Å². The van der Waals surface area contributed by atoms with E-state index >= 15 is 0 Å². The molecule has 0 radical (unpaired) electrons. The molecule has 0 unspecified atom stereocenters. The lowest BCUT2D eigenvalue weighted by Gasteiger charge is -2.43. The third-order valence-corrected chi connectivity index (χ3v) is 8.67. The summed E-state index contributed by atoms with van der Waals surface area (Å²) in [5.74, 6) is 0. The molecule has 1 aliphatic rings.